The third-order valence-corrected chi connectivity index (χ3v) is 1.92. The number of benzene rings is 2. The second-order valence-electron chi connectivity index (χ2n) is 2.65. The van der Waals surface area contributed by atoms with Crippen LogP contribution in [0.4, 0.5) is 0 Å². The fraction of sp³-hybridized carbons (Fsp3) is 0. The first-order chi connectivity index (χ1) is 7.20. The van der Waals surface area contributed by atoms with Crippen LogP contribution in [0, 0.1) is 0 Å². The van der Waals surface area contributed by atoms with E-state index in [4.69, 9.17) is 4.11 Å². The Morgan fingerprint density at radius 3 is 2.92 bits per heavy atom. The lowest BCUT2D eigenvalue weighted by molar-refractivity contribution is 1.72. The molecule has 0 nitrogen and oxygen atoms in total. The minimum Gasteiger partial charge on any atom is -0.0984 e. The summed E-state index contributed by atoms with van der Waals surface area (Å²) in [5, 5.41) is 1.95. The molecule has 0 heterocycles. The quantitative estimate of drug-likeness (QED) is 0.594. The van der Waals surface area contributed by atoms with Gasteiger partial charge in [-0.25, -0.2) is 0 Å². The Balaban J connectivity index is 2.77. The van der Waals surface area contributed by atoms with Gasteiger partial charge in [0.15, 0.2) is 0 Å². The minimum atomic E-state index is -0.452. The van der Waals surface area contributed by atoms with E-state index >= 15 is 0 Å². The summed E-state index contributed by atoms with van der Waals surface area (Å²) in [5.41, 5.74) is 0.646. The van der Waals surface area contributed by atoms with Crippen LogP contribution in [-0.2, 0) is 0 Å². The van der Waals surface area contributed by atoms with Gasteiger partial charge in [0.1, 0.15) is 0 Å². The van der Waals surface area contributed by atoms with E-state index in [0.29, 0.717) is 5.56 Å². The van der Waals surface area contributed by atoms with E-state index in [0.717, 1.165) is 10.8 Å². The fourth-order valence-electron chi connectivity index (χ4n) is 1.33. The van der Waals surface area contributed by atoms with E-state index in [1.54, 1.807) is 6.07 Å². The van der Waals surface area contributed by atoms with Crippen LogP contribution < -0.4 is 0 Å². The molecule has 58 valence electrons. The van der Waals surface area contributed by atoms with Crippen molar-refractivity contribution >= 4 is 16.8 Å². The first kappa shape index (κ1) is 4.46. The van der Waals surface area contributed by atoms with E-state index in [-0.39, 0.29) is 6.05 Å². The molecule has 0 saturated carbocycles. The Kier molecular flexibility index (Phi) is 1.05. The van der Waals surface area contributed by atoms with Crippen molar-refractivity contribution in [3.8, 4) is 0 Å². The zero-order valence-electron chi connectivity index (χ0n) is 9.54. The van der Waals surface area contributed by atoms with E-state index in [1.165, 1.54) is 0 Å². The second kappa shape index (κ2) is 2.82. The molecule has 2 rings (SSSR count). The standard InChI is InChI=1S/C12H10/c1-2-10-7-5-8-11-6-3-4-9-12(10)11/h2-9H,1H2/i1D2,2D. The van der Waals surface area contributed by atoms with Crippen molar-refractivity contribution in [2.75, 3.05) is 0 Å². The summed E-state index contributed by atoms with van der Waals surface area (Å²) in [5.74, 6) is 0. The Bertz CT molecular complexity index is 520. The van der Waals surface area contributed by atoms with Gasteiger partial charge in [0.2, 0.25) is 0 Å². The number of hydrogen-bond acceptors (Lipinski definition) is 0. The van der Waals surface area contributed by atoms with Crippen LogP contribution in [0.5, 0.6) is 0 Å². The topological polar surface area (TPSA) is 0 Å². The average molecular weight is 157 g/mol. The van der Waals surface area contributed by atoms with Gasteiger partial charge in [-0.15, -0.1) is 0 Å². The smallest absolute Gasteiger partial charge is 0.0623 e. The first-order valence-electron chi connectivity index (χ1n) is 5.32. The van der Waals surface area contributed by atoms with Gasteiger partial charge in [-0.2, -0.15) is 0 Å². The number of hydrogen-bond donors (Lipinski definition) is 0. The predicted octanol–water partition coefficient (Wildman–Crippen LogP) is 3.48. The van der Waals surface area contributed by atoms with Crippen molar-refractivity contribution in [2.45, 2.75) is 0 Å². The molecular weight excluding hydrogens is 144 g/mol. The molecule has 0 unspecified atom stereocenters. The van der Waals surface area contributed by atoms with Gasteiger partial charge < -0.3 is 0 Å². The minimum absolute atomic E-state index is 0.0354. The van der Waals surface area contributed by atoms with E-state index < -0.39 is 6.53 Å². The SMILES string of the molecule is [2H]C([2H])=C([2H])c1cccc2ccccc12. The summed E-state index contributed by atoms with van der Waals surface area (Å²) in [6, 6.07) is 13.2. The normalized spacial score (nSPS) is 13.2. The van der Waals surface area contributed by atoms with Crippen molar-refractivity contribution in [1.82, 2.24) is 0 Å². The van der Waals surface area contributed by atoms with Gasteiger partial charge >= 0.3 is 0 Å². The molecule has 12 heavy (non-hydrogen) atoms. The Morgan fingerprint density at radius 2 is 2.00 bits per heavy atom. The van der Waals surface area contributed by atoms with Crippen LogP contribution in [0.15, 0.2) is 49.0 Å². The summed E-state index contributed by atoms with van der Waals surface area (Å²) in [6.45, 7) is -0.452. The Hall–Kier alpha value is -1.56. The van der Waals surface area contributed by atoms with Gasteiger partial charge in [-0.1, -0.05) is 55.0 Å². The van der Waals surface area contributed by atoms with Crippen LogP contribution in [-0.4, -0.2) is 0 Å². The molecular formula is C12H10. The van der Waals surface area contributed by atoms with Crippen LogP contribution in [0.1, 0.15) is 9.68 Å². The highest BCUT2D eigenvalue weighted by atomic mass is 14.0. The molecule has 0 bridgehead atoms. The maximum atomic E-state index is 7.65. The number of rotatable bonds is 1. The maximum absolute atomic E-state index is 7.65. The molecule has 0 amide bonds. The van der Waals surface area contributed by atoms with Crippen molar-refractivity contribution in [3.05, 3.63) is 54.6 Å². The Morgan fingerprint density at radius 1 is 1.17 bits per heavy atom. The van der Waals surface area contributed by atoms with Crippen LogP contribution in [0.25, 0.3) is 16.8 Å². The van der Waals surface area contributed by atoms with Crippen molar-refractivity contribution in [2.24, 2.45) is 0 Å². The van der Waals surface area contributed by atoms with Crippen molar-refractivity contribution < 1.29 is 4.11 Å². The molecule has 0 aliphatic carbocycles. The third kappa shape index (κ3) is 1.02. The second-order valence-corrected chi connectivity index (χ2v) is 2.65. The zero-order chi connectivity index (χ0) is 10.8. The first-order valence-corrected chi connectivity index (χ1v) is 3.82. The average Bonchev–Trinajstić information content (AvgIpc) is 2.27. The molecule has 0 aliphatic rings. The van der Waals surface area contributed by atoms with Gasteiger partial charge in [0.05, 0.1) is 4.11 Å². The van der Waals surface area contributed by atoms with Gasteiger partial charge in [-0.05, 0) is 16.3 Å². The lowest BCUT2D eigenvalue weighted by Crippen LogP contribution is -1.75. The van der Waals surface area contributed by atoms with Crippen LogP contribution >= 0.6 is 0 Å². The highest BCUT2D eigenvalue weighted by molar-refractivity contribution is 5.90. The van der Waals surface area contributed by atoms with E-state index in [1.807, 2.05) is 36.4 Å². The summed E-state index contributed by atoms with van der Waals surface area (Å²) in [4.78, 5) is 0. The van der Waals surface area contributed by atoms with Gasteiger partial charge in [0.25, 0.3) is 0 Å². The molecule has 0 atom stereocenters. The molecule has 0 radical (unpaired) electrons. The predicted molar refractivity (Wildman–Crippen MR) is 54.0 cm³/mol. The fourth-order valence-corrected chi connectivity index (χ4v) is 1.33. The molecule has 0 saturated heterocycles. The molecule has 0 fully saturated rings. The number of fused-ring (bicyclic) bond motifs is 1. The largest absolute Gasteiger partial charge is 0.0984 e. The van der Waals surface area contributed by atoms with Crippen molar-refractivity contribution in [3.63, 3.8) is 0 Å². The summed E-state index contributed by atoms with van der Waals surface area (Å²) < 4.78 is 22.0. The highest BCUT2D eigenvalue weighted by Gasteiger charge is 1.93. The zero-order valence-corrected chi connectivity index (χ0v) is 6.54. The summed E-state index contributed by atoms with van der Waals surface area (Å²) >= 11 is 0. The molecule has 2 aromatic rings. The summed E-state index contributed by atoms with van der Waals surface area (Å²) in [7, 11) is 0. The maximum Gasteiger partial charge on any atom is 0.0623 e. The molecule has 2 aromatic carbocycles. The van der Waals surface area contributed by atoms with Crippen LogP contribution in [0.2, 0.25) is 0 Å². The molecule has 0 N–H and O–H groups in total. The van der Waals surface area contributed by atoms with E-state index in [2.05, 4.69) is 0 Å². The van der Waals surface area contributed by atoms with Gasteiger partial charge in [0, 0.05) is 0 Å². The lowest BCUT2D eigenvalue weighted by atomic mass is 10.1. The molecule has 0 spiro atoms. The summed E-state index contributed by atoms with van der Waals surface area (Å²) in [6.07, 6.45) is 0. The van der Waals surface area contributed by atoms with Crippen LogP contribution in [0.3, 0.4) is 0 Å². The highest BCUT2D eigenvalue weighted by Crippen LogP contribution is 2.18. The molecule has 0 aromatic heterocycles. The van der Waals surface area contributed by atoms with E-state index in [9.17, 15) is 0 Å². The Labute approximate surface area is 76.4 Å². The lowest BCUT2D eigenvalue weighted by Gasteiger charge is -1.99. The third-order valence-electron chi connectivity index (χ3n) is 1.92. The molecule has 0 heteroatoms. The monoisotopic (exact) mass is 157 g/mol. The molecule has 0 aliphatic heterocycles. The van der Waals surface area contributed by atoms with Gasteiger partial charge in [-0.3, -0.25) is 0 Å². The van der Waals surface area contributed by atoms with Crippen molar-refractivity contribution in [1.29, 1.82) is 0 Å².